The zero-order valence-corrected chi connectivity index (χ0v) is 14.1. The molecule has 1 aliphatic rings. The fourth-order valence-electron chi connectivity index (χ4n) is 2.94. The van der Waals surface area contributed by atoms with Crippen LogP contribution in [0.25, 0.3) is 0 Å². The number of unbranched alkanes of at least 4 members (excludes halogenated alkanes) is 5. The summed E-state index contributed by atoms with van der Waals surface area (Å²) in [5.74, 6) is -1.90. The van der Waals surface area contributed by atoms with Gasteiger partial charge in [0.15, 0.2) is 0 Å². The number of sulfonamides is 1. The molecule has 1 rings (SSSR count). The van der Waals surface area contributed by atoms with Gasteiger partial charge in [-0.05, 0) is 19.3 Å². The molecule has 3 atom stereocenters. The molecule has 0 aromatic rings. The molecule has 0 aliphatic heterocycles. The second kappa shape index (κ2) is 9.47. The molecule has 0 radical (unpaired) electrons. The second-order valence-corrected chi connectivity index (χ2v) is 8.05. The Morgan fingerprint density at radius 3 is 2.41 bits per heavy atom. The van der Waals surface area contributed by atoms with Crippen LogP contribution in [0.3, 0.4) is 0 Å². The van der Waals surface area contributed by atoms with Crippen molar-refractivity contribution < 1.29 is 23.4 Å². The van der Waals surface area contributed by atoms with E-state index in [1.165, 1.54) is 6.42 Å². The van der Waals surface area contributed by atoms with Crippen LogP contribution in [0, 0.1) is 5.92 Å². The Balaban J connectivity index is 2.38. The zero-order chi connectivity index (χ0) is 16.6. The van der Waals surface area contributed by atoms with Gasteiger partial charge in [0.25, 0.3) is 0 Å². The number of carboxylic acid groups (broad SMARTS) is 1. The van der Waals surface area contributed by atoms with E-state index in [2.05, 4.69) is 11.6 Å². The van der Waals surface area contributed by atoms with Crippen molar-refractivity contribution in [2.45, 2.75) is 76.9 Å². The van der Waals surface area contributed by atoms with Crippen LogP contribution in [0.1, 0.15) is 64.7 Å². The van der Waals surface area contributed by atoms with Gasteiger partial charge >= 0.3 is 5.97 Å². The van der Waals surface area contributed by atoms with E-state index in [4.69, 9.17) is 5.11 Å². The fourth-order valence-corrected chi connectivity index (χ4v) is 4.36. The van der Waals surface area contributed by atoms with Gasteiger partial charge < -0.3 is 10.2 Å². The predicted molar refractivity (Wildman–Crippen MR) is 85.1 cm³/mol. The molecular formula is C15H29NO5S. The largest absolute Gasteiger partial charge is 0.481 e. The summed E-state index contributed by atoms with van der Waals surface area (Å²) in [7, 11) is -3.46. The third-order valence-electron chi connectivity index (χ3n) is 4.27. The third-order valence-corrected chi connectivity index (χ3v) is 5.76. The number of carbonyl (C=O) groups is 1. The predicted octanol–water partition coefficient (Wildman–Crippen LogP) is 1.88. The van der Waals surface area contributed by atoms with E-state index in [1.54, 1.807) is 0 Å². The molecule has 0 spiro atoms. The first-order valence-corrected chi connectivity index (χ1v) is 9.93. The molecular weight excluding hydrogens is 306 g/mol. The molecule has 130 valence electrons. The smallest absolute Gasteiger partial charge is 0.309 e. The lowest BCUT2D eigenvalue weighted by atomic mass is 9.83. The van der Waals surface area contributed by atoms with Crippen molar-refractivity contribution in [1.29, 1.82) is 0 Å². The first kappa shape index (κ1) is 19.4. The minimum Gasteiger partial charge on any atom is -0.481 e. The highest BCUT2D eigenvalue weighted by atomic mass is 32.2. The minimum absolute atomic E-state index is 0.0417. The summed E-state index contributed by atoms with van der Waals surface area (Å²) in [5.41, 5.74) is 0. The van der Waals surface area contributed by atoms with Crippen molar-refractivity contribution in [2.75, 3.05) is 5.75 Å². The van der Waals surface area contributed by atoms with Gasteiger partial charge in [-0.3, -0.25) is 4.79 Å². The molecule has 1 fully saturated rings. The Bertz CT molecular complexity index is 437. The van der Waals surface area contributed by atoms with E-state index in [0.717, 1.165) is 25.7 Å². The molecule has 0 aromatic carbocycles. The zero-order valence-electron chi connectivity index (χ0n) is 13.3. The monoisotopic (exact) mass is 335 g/mol. The molecule has 6 nitrogen and oxygen atoms in total. The maximum Gasteiger partial charge on any atom is 0.309 e. The third kappa shape index (κ3) is 6.62. The van der Waals surface area contributed by atoms with Crippen LogP contribution >= 0.6 is 0 Å². The number of hydrogen-bond acceptors (Lipinski definition) is 4. The number of nitrogens with one attached hydrogen (secondary N) is 1. The van der Waals surface area contributed by atoms with Crippen molar-refractivity contribution in [3.63, 3.8) is 0 Å². The number of rotatable bonds is 10. The SMILES string of the molecule is CCCCCCCCS(=O)(=O)N[C@H]1CCC[C@H](C(=O)O)[C@H]1O. The summed E-state index contributed by atoms with van der Waals surface area (Å²) in [6.07, 6.45) is 6.33. The maximum absolute atomic E-state index is 12.0. The first-order chi connectivity index (χ1) is 10.4. The summed E-state index contributed by atoms with van der Waals surface area (Å²) < 4.78 is 26.6. The Hall–Kier alpha value is -0.660. The highest BCUT2D eigenvalue weighted by Gasteiger charge is 2.37. The van der Waals surface area contributed by atoms with Gasteiger partial charge in [0.2, 0.25) is 10.0 Å². The number of aliphatic hydroxyl groups is 1. The van der Waals surface area contributed by atoms with E-state index in [0.29, 0.717) is 25.7 Å². The van der Waals surface area contributed by atoms with Gasteiger partial charge in [-0.15, -0.1) is 0 Å². The van der Waals surface area contributed by atoms with Crippen molar-refractivity contribution in [3.05, 3.63) is 0 Å². The molecule has 0 saturated heterocycles. The molecule has 0 aromatic heterocycles. The summed E-state index contributed by atoms with van der Waals surface area (Å²) >= 11 is 0. The molecule has 22 heavy (non-hydrogen) atoms. The number of carboxylic acids is 1. The normalized spacial score (nSPS) is 26.0. The van der Waals surface area contributed by atoms with Gasteiger partial charge in [0, 0.05) is 6.04 Å². The van der Waals surface area contributed by atoms with Crippen LogP contribution in [0.2, 0.25) is 0 Å². The standard InChI is InChI=1S/C15H29NO5S/c1-2-3-4-5-6-7-11-22(20,21)16-13-10-8-9-12(14(13)17)15(18)19/h12-14,16-17H,2-11H2,1H3,(H,18,19)/t12-,13-,14+/m0/s1. The van der Waals surface area contributed by atoms with Crippen LogP contribution < -0.4 is 4.72 Å². The quantitative estimate of drug-likeness (QED) is 0.529. The molecule has 3 N–H and O–H groups in total. The van der Waals surface area contributed by atoms with E-state index in [9.17, 15) is 18.3 Å². The lowest BCUT2D eigenvalue weighted by Gasteiger charge is -2.32. The van der Waals surface area contributed by atoms with E-state index < -0.39 is 34.1 Å². The lowest BCUT2D eigenvalue weighted by molar-refractivity contribution is -0.148. The van der Waals surface area contributed by atoms with Crippen LogP contribution in [0.5, 0.6) is 0 Å². The van der Waals surface area contributed by atoms with Gasteiger partial charge in [0.1, 0.15) is 0 Å². The van der Waals surface area contributed by atoms with Gasteiger partial charge in [-0.25, -0.2) is 13.1 Å². The van der Waals surface area contributed by atoms with Crippen LogP contribution in [0.15, 0.2) is 0 Å². The van der Waals surface area contributed by atoms with Crippen LogP contribution in [0.4, 0.5) is 0 Å². The van der Waals surface area contributed by atoms with Gasteiger partial charge in [-0.1, -0.05) is 45.4 Å². The Labute approximate surface area is 133 Å². The van der Waals surface area contributed by atoms with Gasteiger partial charge in [0.05, 0.1) is 17.8 Å². The minimum atomic E-state index is -3.46. The first-order valence-electron chi connectivity index (χ1n) is 8.28. The molecule has 1 aliphatic carbocycles. The average molecular weight is 335 g/mol. The lowest BCUT2D eigenvalue weighted by Crippen LogP contribution is -2.51. The number of aliphatic hydroxyl groups excluding tert-OH is 1. The van der Waals surface area contributed by atoms with Crippen molar-refractivity contribution in [2.24, 2.45) is 5.92 Å². The molecule has 7 heteroatoms. The molecule has 0 unspecified atom stereocenters. The van der Waals surface area contributed by atoms with Crippen LogP contribution in [-0.2, 0) is 14.8 Å². The van der Waals surface area contributed by atoms with Crippen LogP contribution in [-0.4, -0.2) is 42.5 Å². The summed E-state index contributed by atoms with van der Waals surface area (Å²) in [6.45, 7) is 2.13. The van der Waals surface area contributed by atoms with Crippen molar-refractivity contribution >= 4 is 16.0 Å². The summed E-state index contributed by atoms with van der Waals surface area (Å²) in [5, 5.41) is 19.1. The Kier molecular flexibility index (Phi) is 8.35. The van der Waals surface area contributed by atoms with Gasteiger partial charge in [-0.2, -0.15) is 0 Å². The highest BCUT2D eigenvalue weighted by Crippen LogP contribution is 2.25. The molecule has 0 heterocycles. The highest BCUT2D eigenvalue weighted by molar-refractivity contribution is 7.89. The maximum atomic E-state index is 12.0. The van der Waals surface area contributed by atoms with E-state index in [-0.39, 0.29) is 5.75 Å². The second-order valence-electron chi connectivity index (χ2n) is 6.18. The topological polar surface area (TPSA) is 104 Å². The molecule has 0 bridgehead atoms. The average Bonchev–Trinajstić information content (AvgIpc) is 2.44. The van der Waals surface area contributed by atoms with E-state index in [1.807, 2.05) is 0 Å². The van der Waals surface area contributed by atoms with Crippen molar-refractivity contribution in [3.8, 4) is 0 Å². The molecule has 1 saturated carbocycles. The summed E-state index contributed by atoms with van der Waals surface area (Å²) in [6, 6.07) is -0.681. The van der Waals surface area contributed by atoms with E-state index >= 15 is 0 Å². The Morgan fingerprint density at radius 1 is 1.14 bits per heavy atom. The number of hydrogen-bond donors (Lipinski definition) is 3. The summed E-state index contributed by atoms with van der Waals surface area (Å²) in [4.78, 5) is 11.0. The fraction of sp³-hybridized carbons (Fsp3) is 0.933. The Morgan fingerprint density at radius 2 is 1.77 bits per heavy atom. The number of aliphatic carboxylic acids is 1. The molecule has 0 amide bonds. The van der Waals surface area contributed by atoms with Crippen molar-refractivity contribution in [1.82, 2.24) is 4.72 Å².